The Morgan fingerprint density at radius 3 is 2.36 bits per heavy atom. The van der Waals surface area contributed by atoms with Gasteiger partial charge in [-0.15, -0.1) is 0 Å². The molecule has 0 atom stereocenters. The highest BCUT2D eigenvalue weighted by molar-refractivity contribution is 5.95. The highest BCUT2D eigenvalue weighted by atomic mass is 16.6. The van der Waals surface area contributed by atoms with E-state index in [0.29, 0.717) is 16.9 Å². The average Bonchev–Trinajstić information content (AvgIpc) is 3.13. The molecular formula is C26H32N4O6. The minimum absolute atomic E-state index is 0.119. The summed E-state index contributed by atoms with van der Waals surface area (Å²) in [5.74, 6) is -0.666. The number of fused-ring (bicyclic) bond motifs is 1. The molecule has 4 rings (SSSR count). The minimum Gasteiger partial charge on any atom is -0.486 e. The van der Waals surface area contributed by atoms with E-state index in [9.17, 15) is 14.4 Å². The van der Waals surface area contributed by atoms with Gasteiger partial charge in [0.15, 0.2) is 17.3 Å². The van der Waals surface area contributed by atoms with Crippen molar-refractivity contribution in [2.45, 2.75) is 65.5 Å². The molecule has 36 heavy (non-hydrogen) atoms. The number of carbonyl (C=O) groups excluding carboxylic acids is 2. The number of aromatic nitrogens is 4. The van der Waals surface area contributed by atoms with E-state index in [1.807, 2.05) is 25.3 Å². The molecule has 1 saturated carbocycles. The Bertz CT molecular complexity index is 1380. The van der Waals surface area contributed by atoms with Crippen molar-refractivity contribution >= 4 is 23.0 Å². The second-order valence-electron chi connectivity index (χ2n) is 9.73. The summed E-state index contributed by atoms with van der Waals surface area (Å²) in [5, 5.41) is 0. The molecule has 0 radical (unpaired) electrons. The standard InChI is InChI=1S/C26H32N4O6/c1-7-34-20-19(25(33)35-8-2)28-21(29(6)23(20)31)22-27-17-13-12-15(24(32)36-26(3,4)5)14-18(17)30(22)16-10-9-11-16/h12-14,16H,7-11H2,1-6H3. The molecule has 10 nitrogen and oxygen atoms in total. The Hall–Kier alpha value is -3.69. The summed E-state index contributed by atoms with van der Waals surface area (Å²) in [4.78, 5) is 48.0. The number of rotatable bonds is 7. The first-order chi connectivity index (χ1) is 17.1. The molecule has 3 aromatic rings. The molecular weight excluding hydrogens is 464 g/mol. The first-order valence-corrected chi connectivity index (χ1v) is 12.2. The van der Waals surface area contributed by atoms with Crippen molar-refractivity contribution < 1.29 is 23.8 Å². The number of nitrogens with zero attached hydrogens (tertiary/aromatic N) is 4. The van der Waals surface area contributed by atoms with Crippen LogP contribution in [0.15, 0.2) is 23.0 Å². The van der Waals surface area contributed by atoms with E-state index < -0.39 is 23.1 Å². The molecule has 0 saturated heterocycles. The number of imidazole rings is 1. The van der Waals surface area contributed by atoms with E-state index in [1.54, 1.807) is 39.1 Å². The van der Waals surface area contributed by atoms with Crippen LogP contribution in [0.3, 0.4) is 0 Å². The summed E-state index contributed by atoms with van der Waals surface area (Å²) < 4.78 is 19.5. The lowest BCUT2D eigenvalue weighted by atomic mass is 9.92. The second kappa shape index (κ2) is 9.75. The van der Waals surface area contributed by atoms with E-state index in [0.717, 1.165) is 24.8 Å². The monoisotopic (exact) mass is 496 g/mol. The zero-order valence-corrected chi connectivity index (χ0v) is 21.6. The molecule has 1 aliphatic rings. The summed E-state index contributed by atoms with van der Waals surface area (Å²) in [6.07, 6.45) is 2.90. The molecule has 0 unspecified atom stereocenters. The van der Waals surface area contributed by atoms with Gasteiger partial charge in [-0.25, -0.2) is 19.6 Å². The Morgan fingerprint density at radius 1 is 1.06 bits per heavy atom. The molecule has 0 spiro atoms. The lowest BCUT2D eigenvalue weighted by Crippen LogP contribution is -2.28. The van der Waals surface area contributed by atoms with Gasteiger partial charge in [0.1, 0.15) is 5.60 Å². The fraction of sp³-hybridized carbons (Fsp3) is 0.500. The quantitative estimate of drug-likeness (QED) is 0.450. The van der Waals surface area contributed by atoms with Crippen LogP contribution in [0, 0.1) is 0 Å². The SMILES string of the molecule is CCOC(=O)c1nc(-c2nc3ccc(C(=O)OC(C)(C)C)cc3n2C2CCC2)n(C)c(=O)c1OCC. The van der Waals surface area contributed by atoms with Crippen LogP contribution in [0.1, 0.15) is 80.8 Å². The smallest absolute Gasteiger partial charge is 0.361 e. The van der Waals surface area contributed by atoms with Crippen molar-refractivity contribution in [1.29, 1.82) is 0 Å². The molecule has 0 aliphatic heterocycles. The van der Waals surface area contributed by atoms with Gasteiger partial charge in [-0.3, -0.25) is 9.36 Å². The normalized spacial score (nSPS) is 13.9. The summed E-state index contributed by atoms with van der Waals surface area (Å²) >= 11 is 0. The van der Waals surface area contributed by atoms with Crippen molar-refractivity contribution in [3.63, 3.8) is 0 Å². The van der Waals surface area contributed by atoms with Gasteiger partial charge in [-0.2, -0.15) is 0 Å². The van der Waals surface area contributed by atoms with Gasteiger partial charge >= 0.3 is 11.9 Å². The van der Waals surface area contributed by atoms with Gasteiger partial charge in [-0.05, 0) is 72.1 Å². The Morgan fingerprint density at radius 2 is 1.78 bits per heavy atom. The third-order valence-corrected chi connectivity index (χ3v) is 5.97. The van der Waals surface area contributed by atoms with E-state index in [4.69, 9.17) is 19.2 Å². The third-order valence-electron chi connectivity index (χ3n) is 5.97. The lowest BCUT2D eigenvalue weighted by molar-refractivity contribution is 0.00693. The number of hydrogen-bond acceptors (Lipinski definition) is 8. The predicted molar refractivity (Wildman–Crippen MR) is 133 cm³/mol. The van der Waals surface area contributed by atoms with Crippen LogP contribution in [0.5, 0.6) is 5.75 Å². The molecule has 1 aromatic carbocycles. The van der Waals surface area contributed by atoms with Crippen LogP contribution in [0.4, 0.5) is 0 Å². The molecule has 2 aromatic heterocycles. The van der Waals surface area contributed by atoms with Crippen LogP contribution >= 0.6 is 0 Å². The maximum Gasteiger partial charge on any atom is 0.361 e. The predicted octanol–water partition coefficient (Wildman–Crippen LogP) is 4.05. The highest BCUT2D eigenvalue weighted by Crippen LogP contribution is 2.38. The average molecular weight is 497 g/mol. The number of esters is 2. The van der Waals surface area contributed by atoms with Crippen molar-refractivity contribution in [3.05, 3.63) is 39.8 Å². The maximum atomic E-state index is 13.2. The Labute approximate surface area is 209 Å². The van der Waals surface area contributed by atoms with Crippen LogP contribution < -0.4 is 10.3 Å². The van der Waals surface area contributed by atoms with Gasteiger partial charge in [0.25, 0.3) is 5.56 Å². The molecule has 10 heteroatoms. The van der Waals surface area contributed by atoms with E-state index in [2.05, 4.69) is 4.98 Å². The zero-order valence-electron chi connectivity index (χ0n) is 21.6. The van der Waals surface area contributed by atoms with Gasteiger partial charge in [0, 0.05) is 13.1 Å². The van der Waals surface area contributed by atoms with E-state index in [1.165, 1.54) is 4.57 Å². The molecule has 2 heterocycles. The number of carbonyl (C=O) groups is 2. The van der Waals surface area contributed by atoms with Crippen molar-refractivity contribution in [1.82, 2.24) is 19.1 Å². The Kier molecular flexibility index (Phi) is 6.88. The second-order valence-corrected chi connectivity index (χ2v) is 9.73. The lowest BCUT2D eigenvalue weighted by Gasteiger charge is -2.29. The zero-order chi connectivity index (χ0) is 26.2. The van der Waals surface area contributed by atoms with Crippen LogP contribution in [0.25, 0.3) is 22.7 Å². The van der Waals surface area contributed by atoms with Crippen molar-refractivity contribution in [2.75, 3.05) is 13.2 Å². The summed E-state index contributed by atoms with van der Waals surface area (Å²) in [6.45, 7) is 9.18. The van der Waals surface area contributed by atoms with E-state index in [-0.39, 0.29) is 36.5 Å². The highest BCUT2D eigenvalue weighted by Gasteiger charge is 2.30. The van der Waals surface area contributed by atoms with E-state index >= 15 is 0 Å². The number of hydrogen-bond donors (Lipinski definition) is 0. The van der Waals surface area contributed by atoms with Gasteiger partial charge in [0.2, 0.25) is 5.75 Å². The topological polar surface area (TPSA) is 115 Å². The van der Waals surface area contributed by atoms with Crippen LogP contribution in [-0.4, -0.2) is 49.9 Å². The molecule has 0 bridgehead atoms. The van der Waals surface area contributed by atoms with Crippen molar-refractivity contribution in [2.24, 2.45) is 7.05 Å². The summed E-state index contributed by atoms with van der Waals surface area (Å²) in [7, 11) is 1.57. The first kappa shape index (κ1) is 25.4. The first-order valence-electron chi connectivity index (χ1n) is 12.2. The fourth-order valence-corrected chi connectivity index (χ4v) is 4.12. The third kappa shape index (κ3) is 4.72. The van der Waals surface area contributed by atoms with Gasteiger partial charge < -0.3 is 18.8 Å². The molecule has 0 amide bonds. The van der Waals surface area contributed by atoms with Gasteiger partial charge in [-0.1, -0.05) is 0 Å². The largest absolute Gasteiger partial charge is 0.486 e. The summed E-state index contributed by atoms with van der Waals surface area (Å²) in [5.41, 5.74) is 0.471. The fourth-order valence-electron chi connectivity index (χ4n) is 4.12. The van der Waals surface area contributed by atoms with Crippen molar-refractivity contribution in [3.8, 4) is 17.4 Å². The van der Waals surface area contributed by atoms with Gasteiger partial charge in [0.05, 0.1) is 29.8 Å². The Balaban J connectivity index is 1.93. The number of ether oxygens (including phenoxy) is 3. The van der Waals surface area contributed by atoms with Crippen LogP contribution in [0.2, 0.25) is 0 Å². The number of benzene rings is 1. The molecule has 192 valence electrons. The molecule has 1 fully saturated rings. The summed E-state index contributed by atoms with van der Waals surface area (Å²) in [6, 6.07) is 5.31. The maximum absolute atomic E-state index is 13.2. The minimum atomic E-state index is -0.738. The molecule has 1 aliphatic carbocycles. The molecule has 0 N–H and O–H groups in total. The van der Waals surface area contributed by atoms with Crippen LogP contribution in [-0.2, 0) is 16.5 Å².